The first-order valence-corrected chi connectivity index (χ1v) is 12.8. The number of halogens is 3. The first kappa shape index (κ1) is 26.2. The lowest BCUT2D eigenvalue weighted by atomic mass is 9.81. The van der Waals surface area contributed by atoms with Crippen molar-refractivity contribution >= 4 is 17.5 Å². The summed E-state index contributed by atoms with van der Waals surface area (Å²) in [5, 5.41) is 2.99. The van der Waals surface area contributed by atoms with E-state index in [4.69, 9.17) is 9.47 Å². The normalized spacial score (nSPS) is 23.6. The van der Waals surface area contributed by atoms with Crippen LogP contribution in [0.1, 0.15) is 19.4 Å². The Bertz CT molecular complexity index is 1330. The van der Waals surface area contributed by atoms with Gasteiger partial charge in [-0.1, -0.05) is 38.1 Å². The maximum atomic E-state index is 14.8. The predicted octanol–water partition coefficient (Wildman–Crippen LogP) is 3.88. The van der Waals surface area contributed by atoms with E-state index in [1.54, 1.807) is 28.9 Å². The van der Waals surface area contributed by atoms with E-state index in [0.29, 0.717) is 29.8 Å². The van der Waals surface area contributed by atoms with E-state index >= 15 is 0 Å². The molecule has 5 rings (SSSR count). The molecule has 0 saturated carbocycles. The predicted molar refractivity (Wildman–Crippen MR) is 137 cm³/mol. The van der Waals surface area contributed by atoms with Crippen LogP contribution in [0.4, 0.5) is 18.9 Å². The molecule has 2 aromatic carbocycles. The van der Waals surface area contributed by atoms with Crippen LogP contribution in [0.5, 0.6) is 0 Å². The van der Waals surface area contributed by atoms with E-state index in [-0.39, 0.29) is 23.9 Å². The van der Waals surface area contributed by atoms with Crippen LogP contribution < -0.4 is 5.32 Å². The van der Waals surface area contributed by atoms with Crippen LogP contribution in [0.25, 0.3) is 0 Å². The summed E-state index contributed by atoms with van der Waals surface area (Å²) in [6.45, 7) is 7.00. The Hall–Kier alpha value is -3.43. The molecular weight excluding hydrogens is 495 g/mol. The van der Waals surface area contributed by atoms with Gasteiger partial charge in [0.05, 0.1) is 12.7 Å². The molecule has 0 radical (unpaired) electrons. The molecule has 9 heteroatoms. The molecule has 0 aliphatic carbocycles. The first-order valence-electron chi connectivity index (χ1n) is 12.8. The maximum absolute atomic E-state index is 14.8. The topological polar surface area (TPSA) is 53.8 Å². The second-order valence-electron chi connectivity index (χ2n) is 9.58. The van der Waals surface area contributed by atoms with E-state index in [2.05, 4.69) is 24.1 Å². The van der Waals surface area contributed by atoms with Gasteiger partial charge < -0.3 is 19.7 Å². The number of rotatable bonds is 9. The number of carbonyl (C=O) groups excluding carboxylic acids is 1. The fourth-order valence-electron chi connectivity index (χ4n) is 5.76. The summed E-state index contributed by atoms with van der Waals surface area (Å²) in [7, 11) is 1.44. The van der Waals surface area contributed by atoms with Crippen molar-refractivity contribution in [1.82, 2.24) is 10.2 Å². The number of nitrogens with zero attached hydrogens (tertiary/aromatic N) is 2. The number of carbonyl (C=O) groups is 1. The molecule has 1 amide bonds. The molecule has 3 aliphatic heterocycles. The van der Waals surface area contributed by atoms with Gasteiger partial charge in [-0.25, -0.2) is 13.2 Å². The lowest BCUT2D eigenvalue weighted by Crippen LogP contribution is -2.43. The van der Waals surface area contributed by atoms with Crippen LogP contribution in [-0.2, 0) is 20.7 Å². The maximum Gasteiger partial charge on any atom is 0.375 e. The van der Waals surface area contributed by atoms with Crippen molar-refractivity contribution in [3.05, 3.63) is 88.8 Å². The Kier molecular flexibility index (Phi) is 7.15. The zero-order valence-corrected chi connectivity index (χ0v) is 21.6. The largest absolute Gasteiger partial charge is 0.447 e. The van der Waals surface area contributed by atoms with Gasteiger partial charge in [0.1, 0.15) is 29.1 Å². The van der Waals surface area contributed by atoms with Gasteiger partial charge >= 0.3 is 5.90 Å². The number of hydrogen-bond donors (Lipinski definition) is 1. The van der Waals surface area contributed by atoms with Crippen molar-refractivity contribution < 1.29 is 32.0 Å². The Morgan fingerprint density at radius 1 is 1.13 bits per heavy atom. The number of ether oxygens (including phenoxy) is 2. The van der Waals surface area contributed by atoms with Crippen molar-refractivity contribution in [3.63, 3.8) is 0 Å². The molecule has 3 atom stereocenters. The number of fused-ring (bicyclic) bond motifs is 1. The minimum absolute atomic E-state index is 0.134. The van der Waals surface area contributed by atoms with Gasteiger partial charge in [-0.3, -0.25) is 4.79 Å². The number of hydrogen-bond acceptors (Lipinski definition) is 4. The molecule has 0 saturated heterocycles. The van der Waals surface area contributed by atoms with Gasteiger partial charge in [-0.2, -0.15) is 4.58 Å². The number of benzene rings is 2. The summed E-state index contributed by atoms with van der Waals surface area (Å²) in [5.74, 6) is -1.99. The van der Waals surface area contributed by atoms with E-state index in [1.165, 1.54) is 25.3 Å². The fraction of sp³-hybridized carbons (Fsp3) is 0.379. The molecule has 38 heavy (non-hydrogen) atoms. The van der Waals surface area contributed by atoms with E-state index in [9.17, 15) is 18.0 Å². The molecule has 2 aromatic rings. The van der Waals surface area contributed by atoms with E-state index in [0.717, 1.165) is 19.2 Å². The van der Waals surface area contributed by atoms with Gasteiger partial charge in [0.25, 0.3) is 5.91 Å². The minimum atomic E-state index is -1.16. The molecule has 1 spiro atoms. The van der Waals surface area contributed by atoms with Crippen LogP contribution in [-0.4, -0.2) is 72.3 Å². The zero-order chi connectivity index (χ0) is 27.0. The summed E-state index contributed by atoms with van der Waals surface area (Å²) in [5.41, 5.74) is 0.314. The molecule has 2 bridgehead atoms. The molecule has 3 heterocycles. The molecule has 1 N–H and O–H groups in total. The molecular formula is C29H31F3N3O3+. The van der Waals surface area contributed by atoms with Gasteiger partial charge in [0.2, 0.25) is 11.7 Å². The number of methoxy groups -OCH3 is 1. The summed E-state index contributed by atoms with van der Waals surface area (Å²) >= 11 is 0. The SMILES string of the molecule is CCN(CC)CCNC(=O)C1=C2C(OC)=[N+](c3cc(F)cc(F)c3)C(Cc3ccccc3F)C23C=CC1O3. The Morgan fingerprint density at radius 3 is 2.50 bits per heavy atom. The van der Waals surface area contributed by atoms with Crippen LogP contribution in [0, 0.1) is 17.5 Å². The van der Waals surface area contributed by atoms with Crippen LogP contribution in [0.2, 0.25) is 0 Å². The average Bonchev–Trinajstić information content (AvgIpc) is 3.54. The van der Waals surface area contributed by atoms with Crippen molar-refractivity contribution in [3.8, 4) is 0 Å². The second kappa shape index (κ2) is 10.4. The summed E-state index contributed by atoms with van der Waals surface area (Å²) in [4.78, 5) is 15.7. The molecule has 3 aliphatic rings. The second-order valence-corrected chi connectivity index (χ2v) is 9.58. The third kappa shape index (κ3) is 4.33. The minimum Gasteiger partial charge on any atom is -0.447 e. The lowest BCUT2D eigenvalue weighted by Gasteiger charge is -2.24. The van der Waals surface area contributed by atoms with Gasteiger partial charge in [-0.15, -0.1) is 0 Å². The molecule has 0 aromatic heterocycles. The van der Waals surface area contributed by atoms with Gasteiger partial charge in [0, 0.05) is 37.7 Å². The smallest absolute Gasteiger partial charge is 0.375 e. The Labute approximate surface area is 220 Å². The average molecular weight is 527 g/mol. The quantitative estimate of drug-likeness (QED) is 0.398. The zero-order valence-electron chi connectivity index (χ0n) is 21.6. The lowest BCUT2D eigenvalue weighted by molar-refractivity contribution is -0.499. The fourth-order valence-corrected chi connectivity index (χ4v) is 5.76. The van der Waals surface area contributed by atoms with Gasteiger partial charge in [-0.05, 0) is 30.8 Å². The summed E-state index contributed by atoms with van der Waals surface area (Å²) < 4.78 is 57.4. The van der Waals surface area contributed by atoms with Crippen molar-refractivity contribution in [2.24, 2.45) is 0 Å². The first-order chi connectivity index (χ1) is 18.3. The monoisotopic (exact) mass is 526 g/mol. The molecule has 0 fully saturated rings. The molecule has 3 unspecified atom stereocenters. The molecule has 6 nitrogen and oxygen atoms in total. The number of nitrogens with one attached hydrogen (secondary N) is 1. The number of likely N-dealkylation sites (N-methyl/N-ethyl adjacent to an activating group) is 1. The van der Waals surface area contributed by atoms with Gasteiger partial charge in [0.15, 0.2) is 5.60 Å². The highest BCUT2D eigenvalue weighted by Crippen LogP contribution is 2.52. The Balaban J connectivity index is 1.62. The number of amides is 1. The van der Waals surface area contributed by atoms with Crippen LogP contribution in [0.3, 0.4) is 0 Å². The third-order valence-corrected chi connectivity index (χ3v) is 7.57. The third-order valence-electron chi connectivity index (χ3n) is 7.57. The van der Waals surface area contributed by atoms with E-state index in [1.807, 2.05) is 6.08 Å². The van der Waals surface area contributed by atoms with Crippen molar-refractivity contribution in [2.45, 2.75) is 38.0 Å². The van der Waals surface area contributed by atoms with Crippen LogP contribution >= 0.6 is 0 Å². The van der Waals surface area contributed by atoms with Crippen molar-refractivity contribution in [2.75, 3.05) is 33.3 Å². The van der Waals surface area contributed by atoms with Crippen LogP contribution in [0.15, 0.2) is 65.8 Å². The highest BCUT2D eigenvalue weighted by Gasteiger charge is 2.68. The highest BCUT2D eigenvalue weighted by atomic mass is 19.1. The summed E-state index contributed by atoms with van der Waals surface area (Å²) in [6, 6.07) is 8.84. The standard InChI is InChI=1S/C29H30F3N3O3/c1-4-34(5-2)13-12-33-27(36)25-23-10-11-29(38-23)24(14-18-8-6-7-9-22(18)32)35(28(37-3)26(25)29)21-16-19(30)15-20(31)17-21/h6-11,15-17,23-24H,4-5,12-14H2,1-3H3/p+1. The highest BCUT2D eigenvalue weighted by molar-refractivity contribution is 6.08. The summed E-state index contributed by atoms with van der Waals surface area (Å²) in [6.07, 6.45) is 3.17. The Morgan fingerprint density at radius 2 is 1.84 bits per heavy atom. The molecule has 200 valence electrons. The van der Waals surface area contributed by atoms with Crippen molar-refractivity contribution in [1.29, 1.82) is 0 Å². The van der Waals surface area contributed by atoms with E-state index < -0.39 is 35.2 Å².